The first-order chi connectivity index (χ1) is 13.6. The Morgan fingerprint density at radius 3 is 1.79 bits per heavy atom. The van der Waals surface area contributed by atoms with E-state index in [0.717, 1.165) is 25.9 Å². The molecule has 1 aliphatic carbocycles. The van der Waals surface area contributed by atoms with Gasteiger partial charge in [0.2, 0.25) is 0 Å². The Morgan fingerprint density at radius 1 is 0.821 bits per heavy atom. The van der Waals surface area contributed by atoms with Gasteiger partial charge in [-0.15, -0.1) is 0 Å². The maximum absolute atomic E-state index is 6.16. The molecular weight excluding hydrogens is 346 g/mol. The summed E-state index contributed by atoms with van der Waals surface area (Å²) in [4.78, 5) is 2.65. The Hall–Kier alpha value is -1.68. The second-order valence-corrected chi connectivity index (χ2v) is 8.58. The minimum absolute atomic E-state index is 0.205. The van der Waals surface area contributed by atoms with E-state index in [0.29, 0.717) is 18.8 Å². The van der Waals surface area contributed by atoms with Gasteiger partial charge in [0.05, 0.1) is 18.3 Å². The molecule has 1 saturated carbocycles. The van der Waals surface area contributed by atoms with Gasteiger partial charge in [-0.3, -0.25) is 4.90 Å². The zero-order valence-corrected chi connectivity index (χ0v) is 17.6. The molecule has 1 fully saturated rings. The van der Waals surface area contributed by atoms with Crippen LogP contribution in [0, 0.1) is 0 Å². The molecule has 0 radical (unpaired) electrons. The summed E-state index contributed by atoms with van der Waals surface area (Å²) in [6, 6.07) is 22.3. The van der Waals surface area contributed by atoms with Crippen LogP contribution in [0.4, 0.5) is 0 Å². The van der Waals surface area contributed by atoms with E-state index in [1.54, 1.807) is 7.11 Å². The predicted molar refractivity (Wildman–Crippen MR) is 115 cm³/mol. The second-order valence-electron chi connectivity index (χ2n) is 8.58. The summed E-state index contributed by atoms with van der Waals surface area (Å²) in [5, 5.41) is 0. The Bertz CT molecular complexity index is 637. The highest BCUT2D eigenvalue weighted by Crippen LogP contribution is 2.28. The van der Waals surface area contributed by atoms with Crippen LogP contribution in [0.1, 0.15) is 50.7 Å². The van der Waals surface area contributed by atoms with Gasteiger partial charge in [0.25, 0.3) is 0 Å². The second kappa shape index (κ2) is 10.2. The van der Waals surface area contributed by atoms with Gasteiger partial charge in [0.15, 0.2) is 0 Å². The lowest BCUT2D eigenvalue weighted by atomic mass is 9.91. The van der Waals surface area contributed by atoms with Crippen molar-refractivity contribution < 1.29 is 9.47 Å². The topological polar surface area (TPSA) is 21.7 Å². The fourth-order valence-corrected chi connectivity index (χ4v) is 3.90. The van der Waals surface area contributed by atoms with Crippen LogP contribution in [0.3, 0.4) is 0 Å². The molecule has 3 nitrogen and oxygen atoms in total. The highest BCUT2D eigenvalue weighted by Gasteiger charge is 2.28. The monoisotopic (exact) mass is 381 g/mol. The molecular formula is C25H35NO2. The van der Waals surface area contributed by atoms with Crippen molar-refractivity contribution in [2.75, 3.05) is 13.7 Å². The van der Waals surface area contributed by atoms with Crippen molar-refractivity contribution in [3.63, 3.8) is 0 Å². The number of hydrogen-bond acceptors (Lipinski definition) is 3. The van der Waals surface area contributed by atoms with Gasteiger partial charge in [-0.05, 0) is 50.7 Å². The normalized spacial score (nSPS) is 20.4. The number of methoxy groups -OCH3 is 1. The van der Waals surface area contributed by atoms with Crippen LogP contribution in [-0.2, 0) is 22.6 Å². The van der Waals surface area contributed by atoms with E-state index in [1.807, 2.05) is 0 Å². The Balaban J connectivity index is 1.59. The first-order valence-corrected chi connectivity index (χ1v) is 10.5. The van der Waals surface area contributed by atoms with Crippen molar-refractivity contribution in [1.82, 2.24) is 4.90 Å². The lowest BCUT2D eigenvalue weighted by Gasteiger charge is -2.38. The number of ether oxygens (including phenoxy) is 2. The largest absolute Gasteiger partial charge is 0.376 e. The third kappa shape index (κ3) is 6.44. The maximum atomic E-state index is 6.16. The maximum Gasteiger partial charge on any atom is 0.0855 e. The lowest BCUT2D eigenvalue weighted by molar-refractivity contribution is -0.0869. The first-order valence-electron chi connectivity index (χ1n) is 10.5. The van der Waals surface area contributed by atoms with E-state index >= 15 is 0 Å². The molecule has 0 saturated heterocycles. The van der Waals surface area contributed by atoms with Crippen LogP contribution in [0.15, 0.2) is 60.7 Å². The minimum Gasteiger partial charge on any atom is -0.376 e. The third-order valence-corrected chi connectivity index (χ3v) is 5.84. The molecule has 2 aromatic carbocycles. The predicted octanol–water partition coefficient (Wildman–Crippen LogP) is 5.44. The Labute approximate surface area is 170 Å². The smallest absolute Gasteiger partial charge is 0.0855 e. The molecule has 28 heavy (non-hydrogen) atoms. The summed E-state index contributed by atoms with van der Waals surface area (Å²) >= 11 is 0. The molecule has 0 bridgehead atoms. The zero-order chi connectivity index (χ0) is 19.8. The fourth-order valence-electron chi connectivity index (χ4n) is 3.90. The van der Waals surface area contributed by atoms with Gasteiger partial charge in [-0.25, -0.2) is 0 Å². The van der Waals surface area contributed by atoms with Crippen molar-refractivity contribution in [2.45, 2.75) is 70.4 Å². The van der Waals surface area contributed by atoms with E-state index < -0.39 is 0 Å². The van der Waals surface area contributed by atoms with Crippen LogP contribution >= 0.6 is 0 Å². The van der Waals surface area contributed by atoms with Gasteiger partial charge in [-0.1, -0.05) is 60.7 Å². The van der Waals surface area contributed by atoms with Crippen LogP contribution in [-0.4, -0.2) is 36.4 Å². The average molecular weight is 382 g/mol. The highest BCUT2D eigenvalue weighted by molar-refractivity contribution is 5.17. The van der Waals surface area contributed by atoms with Gasteiger partial charge in [0, 0.05) is 26.2 Å². The Morgan fingerprint density at radius 2 is 1.32 bits per heavy atom. The van der Waals surface area contributed by atoms with E-state index in [1.165, 1.54) is 24.0 Å². The van der Waals surface area contributed by atoms with Gasteiger partial charge in [0.1, 0.15) is 0 Å². The summed E-state index contributed by atoms with van der Waals surface area (Å²) in [6.45, 7) is 6.84. The van der Waals surface area contributed by atoms with Crippen molar-refractivity contribution in [2.24, 2.45) is 0 Å². The molecule has 0 atom stereocenters. The highest BCUT2D eigenvalue weighted by atomic mass is 16.5. The average Bonchev–Trinajstić information content (AvgIpc) is 2.74. The van der Waals surface area contributed by atoms with Crippen LogP contribution < -0.4 is 0 Å². The molecule has 0 heterocycles. The molecule has 3 rings (SSSR count). The van der Waals surface area contributed by atoms with Gasteiger partial charge >= 0.3 is 0 Å². The van der Waals surface area contributed by atoms with Crippen LogP contribution in [0.25, 0.3) is 0 Å². The molecule has 0 amide bonds. The minimum atomic E-state index is -0.205. The molecule has 0 unspecified atom stereocenters. The standard InChI is InChI=1S/C25H35NO2/c1-25(2,27-3)20-28-24-16-14-23(15-17-24)26(18-21-10-6-4-7-11-21)19-22-12-8-5-9-13-22/h4-13,23-24H,14-20H2,1-3H3. The Kier molecular flexibility index (Phi) is 7.66. The van der Waals surface area contributed by atoms with E-state index in [4.69, 9.17) is 9.47 Å². The number of nitrogens with zero attached hydrogens (tertiary/aromatic N) is 1. The van der Waals surface area contributed by atoms with Crippen LogP contribution in [0.5, 0.6) is 0 Å². The van der Waals surface area contributed by atoms with Gasteiger partial charge < -0.3 is 9.47 Å². The molecule has 152 valence electrons. The van der Waals surface area contributed by atoms with E-state index in [2.05, 4.69) is 79.4 Å². The summed E-state index contributed by atoms with van der Waals surface area (Å²) < 4.78 is 11.6. The van der Waals surface area contributed by atoms with Crippen molar-refractivity contribution in [3.8, 4) is 0 Å². The number of benzene rings is 2. The number of rotatable bonds is 9. The van der Waals surface area contributed by atoms with E-state index in [-0.39, 0.29) is 5.60 Å². The lowest BCUT2D eigenvalue weighted by Crippen LogP contribution is -2.40. The first kappa shape index (κ1) is 21.0. The van der Waals surface area contributed by atoms with E-state index in [9.17, 15) is 0 Å². The zero-order valence-electron chi connectivity index (χ0n) is 17.6. The summed E-state index contributed by atoms with van der Waals surface area (Å²) in [6.07, 6.45) is 5.01. The van der Waals surface area contributed by atoms with Crippen LogP contribution in [0.2, 0.25) is 0 Å². The molecule has 0 spiro atoms. The summed E-state index contributed by atoms with van der Waals surface area (Å²) in [5.74, 6) is 0. The molecule has 0 aromatic heterocycles. The van der Waals surface area contributed by atoms with Crippen molar-refractivity contribution in [1.29, 1.82) is 0 Å². The van der Waals surface area contributed by atoms with Gasteiger partial charge in [-0.2, -0.15) is 0 Å². The van der Waals surface area contributed by atoms with Crippen molar-refractivity contribution >= 4 is 0 Å². The molecule has 0 aliphatic heterocycles. The third-order valence-electron chi connectivity index (χ3n) is 5.84. The SMILES string of the molecule is COC(C)(C)COC1CCC(N(Cc2ccccc2)Cc2ccccc2)CC1. The summed E-state index contributed by atoms with van der Waals surface area (Å²) in [5.41, 5.74) is 2.57. The quantitative estimate of drug-likeness (QED) is 0.577. The van der Waals surface area contributed by atoms with Crippen molar-refractivity contribution in [3.05, 3.63) is 71.8 Å². The molecule has 1 aliphatic rings. The molecule has 0 N–H and O–H groups in total. The number of hydrogen-bond donors (Lipinski definition) is 0. The summed E-state index contributed by atoms with van der Waals surface area (Å²) in [7, 11) is 1.76. The molecule has 3 heteroatoms. The fraction of sp³-hybridized carbons (Fsp3) is 0.520. The molecule has 2 aromatic rings.